The van der Waals surface area contributed by atoms with Gasteiger partial charge in [0.15, 0.2) is 0 Å². The van der Waals surface area contributed by atoms with Crippen LogP contribution in [0.25, 0.3) is 0 Å². The van der Waals surface area contributed by atoms with Gasteiger partial charge in [0.1, 0.15) is 0 Å². The third-order valence-electron chi connectivity index (χ3n) is 2.16. The molecule has 82 valence electrons. The summed E-state index contributed by atoms with van der Waals surface area (Å²) in [6.45, 7) is 2.89. The first kappa shape index (κ1) is 12.2. The van der Waals surface area contributed by atoms with Gasteiger partial charge in [0.25, 0.3) is 0 Å². The third-order valence-corrected chi connectivity index (χ3v) is 2.93. The van der Waals surface area contributed by atoms with E-state index in [-0.39, 0.29) is 5.91 Å². The summed E-state index contributed by atoms with van der Waals surface area (Å²) >= 11 is 3.43. The molecule has 3 heteroatoms. The van der Waals surface area contributed by atoms with E-state index < -0.39 is 0 Å². The van der Waals surface area contributed by atoms with E-state index in [1.807, 2.05) is 24.3 Å². The smallest absolute Gasteiger partial charge is 0.224 e. The molecular weight excluding hydrogens is 254 g/mol. The second-order valence-corrected chi connectivity index (χ2v) is 4.33. The molecule has 0 fully saturated rings. The maximum atomic E-state index is 11.5. The van der Waals surface area contributed by atoms with Crippen molar-refractivity contribution in [3.05, 3.63) is 34.3 Å². The van der Waals surface area contributed by atoms with Crippen LogP contribution in [0.2, 0.25) is 0 Å². The molecule has 0 atom stereocenters. The maximum absolute atomic E-state index is 11.5. The van der Waals surface area contributed by atoms with Crippen LogP contribution < -0.4 is 5.32 Å². The first-order valence-corrected chi connectivity index (χ1v) is 6.03. The zero-order valence-corrected chi connectivity index (χ0v) is 10.5. The van der Waals surface area contributed by atoms with Crippen molar-refractivity contribution < 1.29 is 4.79 Å². The first-order chi connectivity index (χ1) is 7.24. The zero-order valence-electron chi connectivity index (χ0n) is 8.92. The van der Waals surface area contributed by atoms with Gasteiger partial charge in [-0.3, -0.25) is 4.79 Å². The molecule has 1 aromatic carbocycles. The molecule has 0 aliphatic heterocycles. The third kappa shape index (κ3) is 4.47. The molecule has 1 aromatic rings. The number of carbonyl (C=O) groups is 1. The predicted octanol–water partition coefficient (Wildman–Crippen LogP) is 2.91. The number of nitrogens with one attached hydrogen (secondary N) is 1. The van der Waals surface area contributed by atoms with Crippen molar-refractivity contribution >= 4 is 21.8 Å². The Hall–Kier alpha value is -0.830. The number of hydrogen-bond acceptors (Lipinski definition) is 1. The van der Waals surface area contributed by atoms with Crippen molar-refractivity contribution in [1.29, 1.82) is 0 Å². The summed E-state index contributed by atoms with van der Waals surface area (Å²) in [7, 11) is 0. The van der Waals surface area contributed by atoms with E-state index in [0.29, 0.717) is 6.42 Å². The van der Waals surface area contributed by atoms with Crippen molar-refractivity contribution in [3.63, 3.8) is 0 Å². The highest BCUT2D eigenvalue weighted by molar-refractivity contribution is 9.10. The normalized spacial score (nSPS) is 10.0. The van der Waals surface area contributed by atoms with Gasteiger partial charge in [-0.25, -0.2) is 0 Å². The van der Waals surface area contributed by atoms with Gasteiger partial charge in [-0.15, -0.1) is 0 Å². The largest absolute Gasteiger partial charge is 0.356 e. The molecular formula is C12H16BrNO. The van der Waals surface area contributed by atoms with Crippen LogP contribution >= 0.6 is 15.9 Å². The molecule has 0 radical (unpaired) electrons. The number of unbranched alkanes of at least 4 members (excludes halogenated alkanes) is 1. The molecule has 0 saturated carbocycles. The van der Waals surface area contributed by atoms with Crippen LogP contribution in [0.15, 0.2) is 28.7 Å². The quantitative estimate of drug-likeness (QED) is 0.819. The first-order valence-electron chi connectivity index (χ1n) is 5.24. The Morgan fingerprint density at radius 2 is 2.13 bits per heavy atom. The van der Waals surface area contributed by atoms with E-state index >= 15 is 0 Å². The highest BCUT2D eigenvalue weighted by atomic mass is 79.9. The van der Waals surface area contributed by atoms with Gasteiger partial charge in [-0.2, -0.15) is 0 Å². The Labute approximate surface area is 99.2 Å². The van der Waals surface area contributed by atoms with Gasteiger partial charge in [-0.1, -0.05) is 47.5 Å². The fourth-order valence-corrected chi connectivity index (χ4v) is 1.71. The summed E-state index contributed by atoms with van der Waals surface area (Å²) < 4.78 is 0.996. The summed E-state index contributed by atoms with van der Waals surface area (Å²) in [5.74, 6) is 0.0929. The average Bonchev–Trinajstić information content (AvgIpc) is 2.22. The SMILES string of the molecule is CCCCNC(=O)Cc1ccccc1Br. The fraction of sp³-hybridized carbons (Fsp3) is 0.417. The lowest BCUT2D eigenvalue weighted by Crippen LogP contribution is -2.26. The molecule has 0 aliphatic carbocycles. The van der Waals surface area contributed by atoms with Gasteiger partial charge in [-0.05, 0) is 18.1 Å². The lowest BCUT2D eigenvalue weighted by molar-refractivity contribution is -0.120. The minimum absolute atomic E-state index is 0.0929. The molecule has 1 N–H and O–H groups in total. The van der Waals surface area contributed by atoms with Crippen LogP contribution in [0.1, 0.15) is 25.3 Å². The van der Waals surface area contributed by atoms with Crippen molar-refractivity contribution in [3.8, 4) is 0 Å². The monoisotopic (exact) mass is 269 g/mol. The van der Waals surface area contributed by atoms with Crippen LogP contribution in [-0.4, -0.2) is 12.5 Å². The van der Waals surface area contributed by atoms with Gasteiger partial charge in [0, 0.05) is 11.0 Å². The van der Waals surface area contributed by atoms with Gasteiger partial charge >= 0.3 is 0 Å². The molecule has 1 amide bonds. The molecule has 1 rings (SSSR count). The predicted molar refractivity (Wildman–Crippen MR) is 65.8 cm³/mol. The van der Waals surface area contributed by atoms with Crippen LogP contribution in [0, 0.1) is 0 Å². The zero-order chi connectivity index (χ0) is 11.1. The minimum atomic E-state index is 0.0929. The average molecular weight is 270 g/mol. The van der Waals surface area contributed by atoms with E-state index in [2.05, 4.69) is 28.2 Å². The van der Waals surface area contributed by atoms with Crippen molar-refractivity contribution in [1.82, 2.24) is 5.32 Å². The molecule has 0 unspecified atom stereocenters. The van der Waals surface area contributed by atoms with E-state index in [9.17, 15) is 4.79 Å². The lowest BCUT2D eigenvalue weighted by atomic mass is 10.1. The Kier molecular flexibility index (Phi) is 5.40. The Balaban J connectivity index is 2.41. The van der Waals surface area contributed by atoms with Crippen molar-refractivity contribution in [2.24, 2.45) is 0 Å². The Bertz CT molecular complexity index is 325. The summed E-state index contributed by atoms with van der Waals surface area (Å²) in [4.78, 5) is 11.5. The molecule has 15 heavy (non-hydrogen) atoms. The standard InChI is InChI=1S/C12H16BrNO/c1-2-3-8-14-12(15)9-10-6-4-5-7-11(10)13/h4-7H,2-3,8-9H2,1H3,(H,14,15). The number of amides is 1. The summed E-state index contributed by atoms with van der Waals surface area (Å²) in [6.07, 6.45) is 2.60. The molecule has 0 saturated heterocycles. The number of carbonyl (C=O) groups excluding carboxylic acids is 1. The fourth-order valence-electron chi connectivity index (χ4n) is 1.28. The highest BCUT2D eigenvalue weighted by Crippen LogP contribution is 2.15. The van der Waals surface area contributed by atoms with Crippen LogP contribution in [-0.2, 0) is 11.2 Å². The van der Waals surface area contributed by atoms with Crippen LogP contribution in [0.5, 0.6) is 0 Å². The Morgan fingerprint density at radius 3 is 2.80 bits per heavy atom. The second kappa shape index (κ2) is 6.62. The van der Waals surface area contributed by atoms with Crippen LogP contribution in [0.4, 0.5) is 0 Å². The second-order valence-electron chi connectivity index (χ2n) is 3.47. The van der Waals surface area contributed by atoms with Gasteiger partial charge < -0.3 is 5.32 Å². The maximum Gasteiger partial charge on any atom is 0.224 e. The van der Waals surface area contributed by atoms with Crippen molar-refractivity contribution in [2.45, 2.75) is 26.2 Å². The van der Waals surface area contributed by atoms with E-state index in [1.165, 1.54) is 0 Å². The summed E-state index contributed by atoms with van der Waals surface area (Å²) in [5, 5.41) is 2.90. The number of halogens is 1. The Morgan fingerprint density at radius 1 is 1.40 bits per heavy atom. The molecule has 0 bridgehead atoms. The molecule has 0 heterocycles. The highest BCUT2D eigenvalue weighted by Gasteiger charge is 2.04. The van der Waals surface area contributed by atoms with E-state index in [1.54, 1.807) is 0 Å². The summed E-state index contributed by atoms with van der Waals surface area (Å²) in [5.41, 5.74) is 1.03. The lowest BCUT2D eigenvalue weighted by Gasteiger charge is -2.05. The number of hydrogen-bond donors (Lipinski definition) is 1. The minimum Gasteiger partial charge on any atom is -0.356 e. The topological polar surface area (TPSA) is 29.1 Å². The van der Waals surface area contributed by atoms with E-state index in [4.69, 9.17) is 0 Å². The molecule has 0 aromatic heterocycles. The molecule has 0 aliphatic rings. The van der Waals surface area contributed by atoms with Gasteiger partial charge in [0.05, 0.1) is 6.42 Å². The molecule has 0 spiro atoms. The van der Waals surface area contributed by atoms with Gasteiger partial charge in [0.2, 0.25) is 5.91 Å². The van der Waals surface area contributed by atoms with Crippen molar-refractivity contribution in [2.75, 3.05) is 6.54 Å². The number of rotatable bonds is 5. The van der Waals surface area contributed by atoms with Crippen LogP contribution in [0.3, 0.4) is 0 Å². The summed E-state index contributed by atoms with van der Waals surface area (Å²) in [6, 6.07) is 7.81. The number of benzene rings is 1. The van der Waals surface area contributed by atoms with E-state index in [0.717, 1.165) is 29.4 Å². The molecule has 2 nitrogen and oxygen atoms in total.